The molecule has 1 aliphatic carbocycles. The number of nitrogens with one attached hydrogen (secondary N) is 2. The van der Waals surface area contributed by atoms with Gasteiger partial charge in [-0.25, -0.2) is 9.80 Å². The van der Waals surface area contributed by atoms with Crippen molar-refractivity contribution in [2.24, 2.45) is 5.73 Å². The van der Waals surface area contributed by atoms with Crippen LogP contribution < -0.4 is 16.5 Å². The number of ether oxygens (including phenoxy) is 2. The van der Waals surface area contributed by atoms with E-state index in [2.05, 4.69) is 10.7 Å². The van der Waals surface area contributed by atoms with Crippen molar-refractivity contribution < 1.29 is 38.2 Å². The van der Waals surface area contributed by atoms with Crippen LogP contribution in [-0.4, -0.2) is 88.9 Å². The van der Waals surface area contributed by atoms with E-state index in [4.69, 9.17) is 15.2 Å². The third kappa shape index (κ3) is 4.98. The van der Waals surface area contributed by atoms with E-state index in [9.17, 15) is 28.8 Å². The van der Waals surface area contributed by atoms with Crippen LogP contribution in [0.15, 0.2) is 0 Å². The molecule has 1 saturated carbocycles. The highest BCUT2D eigenvalue weighted by atomic mass is 16.6. The predicted octanol–water partition coefficient (Wildman–Crippen LogP) is -2.68. The molecule has 0 bridgehead atoms. The standard InChI is InChI=1S/C19H27N5O8/c1-3-31-17(29)14-13(32-14)16(28)24(9-12(20)26)22-15(27)11-5-4-8-23(11)18(30)19(6-7-19)21-10(2)25/h11,13-14H,3-9H2,1-2H3,(H2,20,26)(H,21,25)(H,22,27)/t11-,13?,14?/m0/s1. The number of nitrogens with two attached hydrogens (primary N) is 1. The molecule has 0 aromatic rings. The number of carbonyl (C=O) groups excluding carboxylic acids is 6. The van der Waals surface area contributed by atoms with Crippen molar-refractivity contribution in [1.29, 1.82) is 0 Å². The number of rotatable bonds is 8. The van der Waals surface area contributed by atoms with Gasteiger partial charge in [-0.3, -0.25) is 29.4 Å². The molecule has 0 radical (unpaired) electrons. The highest BCUT2D eigenvalue weighted by molar-refractivity contribution is 5.99. The third-order valence-electron chi connectivity index (χ3n) is 5.47. The van der Waals surface area contributed by atoms with E-state index < -0.39 is 54.0 Å². The van der Waals surface area contributed by atoms with E-state index in [1.807, 2.05) is 0 Å². The maximum absolute atomic E-state index is 13.0. The molecule has 2 aliphatic heterocycles. The lowest BCUT2D eigenvalue weighted by Gasteiger charge is -2.30. The molecule has 2 unspecified atom stereocenters. The Morgan fingerprint density at radius 1 is 1.19 bits per heavy atom. The molecule has 32 heavy (non-hydrogen) atoms. The summed E-state index contributed by atoms with van der Waals surface area (Å²) in [4.78, 5) is 74.5. The zero-order valence-electron chi connectivity index (χ0n) is 17.9. The first-order valence-electron chi connectivity index (χ1n) is 10.4. The van der Waals surface area contributed by atoms with Gasteiger partial charge in [0.05, 0.1) is 6.61 Å². The zero-order valence-corrected chi connectivity index (χ0v) is 17.9. The van der Waals surface area contributed by atoms with E-state index in [1.165, 1.54) is 11.8 Å². The molecular formula is C19H27N5O8. The lowest BCUT2D eigenvalue weighted by atomic mass is 10.1. The van der Waals surface area contributed by atoms with Gasteiger partial charge in [-0.05, 0) is 32.6 Å². The summed E-state index contributed by atoms with van der Waals surface area (Å²) in [5, 5.41) is 3.34. The van der Waals surface area contributed by atoms with E-state index in [0.717, 1.165) is 0 Å². The number of epoxide rings is 1. The molecule has 2 heterocycles. The molecule has 3 atom stereocenters. The van der Waals surface area contributed by atoms with E-state index in [-0.39, 0.29) is 18.4 Å². The molecule has 3 rings (SSSR count). The molecule has 0 aromatic heterocycles. The highest BCUT2D eigenvalue weighted by Crippen LogP contribution is 2.39. The fourth-order valence-corrected chi connectivity index (χ4v) is 3.80. The maximum Gasteiger partial charge on any atom is 0.338 e. The van der Waals surface area contributed by atoms with Gasteiger partial charge in [0.15, 0.2) is 12.2 Å². The fourth-order valence-electron chi connectivity index (χ4n) is 3.80. The quantitative estimate of drug-likeness (QED) is 0.202. The average molecular weight is 453 g/mol. The topological polar surface area (TPSA) is 181 Å². The number of hydrogen-bond donors (Lipinski definition) is 3. The van der Waals surface area contributed by atoms with Crippen LogP contribution in [0.5, 0.6) is 0 Å². The summed E-state index contributed by atoms with van der Waals surface area (Å²) in [6, 6.07) is -0.891. The van der Waals surface area contributed by atoms with E-state index >= 15 is 0 Å². The normalized spacial score (nSPS) is 24.8. The van der Waals surface area contributed by atoms with E-state index in [0.29, 0.717) is 37.2 Å². The monoisotopic (exact) mass is 453 g/mol. The SMILES string of the molecule is CCOC(=O)C1OC1C(=O)N(CC(N)=O)NC(=O)[C@@H]1CCCN1C(=O)C1(NC(C)=O)CC1. The minimum absolute atomic E-state index is 0.104. The molecule has 176 valence electrons. The predicted molar refractivity (Wildman–Crippen MR) is 105 cm³/mol. The van der Waals surface area contributed by atoms with Crippen LogP contribution >= 0.6 is 0 Å². The van der Waals surface area contributed by atoms with Crippen LogP contribution in [0.3, 0.4) is 0 Å². The van der Waals surface area contributed by atoms with Crippen molar-refractivity contribution in [1.82, 2.24) is 20.7 Å². The first kappa shape index (κ1) is 23.4. The number of carbonyl (C=O) groups is 6. The molecule has 3 fully saturated rings. The van der Waals surface area contributed by atoms with Gasteiger partial charge in [-0.15, -0.1) is 0 Å². The highest BCUT2D eigenvalue weighted by Gasteiger charge is 2.56. The molecule has 0 aromatic carbocycles. The number of esters is 1. The van der Waals surface area contributed by atoms with Crippen LogP contribution in [0.4, 0.5) is 0 Å². The van der Waals surface area contributed by atoms with Crippen molar-refractivity contribution in [2.45, 2.75) is 63.3 Å². The van der Waals surface area contributed by atoms with Gasteiger partial charge in [-0.2, -0.15) is 0 Å². The Morgan fingerprint density at radius 2 is 1.88 bits per heavy atom. The maximum atomic E-state index is 13.0. The Bertz CT molecular complexity index is 842. The minimum Gasteiger partial charge on any atom is -0.464 e. The second kappa shape index (κ2) is 9.10. The van der Waals surface area contributed by atoms with Crippen molar-refractivity contribution >= 4 is 35.5 Å². The Morgan fingerprint density at radius 3 is 2.44 bits per heavy atom. The molecule has 3 aliphatic rings. The van der Waals surface area contributed by atoms with E-state index in [1.54, 1.807) is 6.92 Å². The summed E-state index contributed by atoms with van der Waals surface area (Å²) in [5.74, 6) is -3.83. The first-order valence-corrected chi connectivity index (χ1v) is 10.4. The molecule has 0 spiro atoms. The van der Waals surface area contributed by atoms with Crippen molar-refractivity contribution in [3.8, 4) is 0 Å². The number of primary amides is 1. The van der Waals surface area contributed by atoms with Crippen molar-refractivity contribution in [2.75, 3.05) is 19.7 Å². The Balaban J connectivity index is 1.66. The van der Waals surface area contributed by atoms with Gasteiger partial charge >= 0.3 is 5.97 Å². The molecule has 4 N–H and O–H groups in total. The molecule has 2 saturated heterocycles. The van der Waals surface area contributed by atoms with Crippen molar-refractivity contribution in [3.63, 3.8) is 0 Å². The van der Waals surface area contributed by atoms with Gasteiger partial charge in [-0.1, -0.05) is 0 Å². The minimum atomic E-state index is -1.20. The summed E-state index contributed by atoms with van der Waals surface area (Å²) in [6.07, 6.45) is -0.456. The molecule has 13 heteroatoms. The summed E-state index contributed by atoms with van der Waals surface area (Å²) in [6.45, 7) is 2.70. The first-order chi connectivity index (χ1) is 15.1. The van der Waals surface area contributed by atoms with Gasteiger partial charge < -0.3 is 25.4 Å². The van der Waals surface area contributed by atoms with Crippen LogP contribution in [0.1, 0.15) is 39.5 Å². The lowest BCUT2D eigenvalue weighted by molar-refractivity contribution is -0.149. The Labute approximate surface area is 183 Å². The lowest BCUT2D eigenvalue weighted by Crippen LogP contribution is -2.59. The summed E-state index contributed by atoms with van der Waals surface area (Å²) < 4.78 is 9.83. The van der Waals surface area contributed by atoms with Gasteiger partial charge in [0.25, 0.3) is 11.8 Å². The summed E-state index contributed by atoms with van der Waals surface area (Å²) >= 11 is 0. The molecule has 5 amide bonds. The number of amides is 5. The van der Waals surface area contributed by atoms with Gasteiger partial charge in [0.2, 0.25) is 17.7 Å². The van der Waals surface area contributed by atoms with Crippen LogP contribution in [-0.2, 0) is 38.2 Å². The number of hydrazine groups is 1. The smallest absolute Gasteiger partial charge is 0.338 e. The summed E-state index contributed by atoms with van der Waals surface area (Å²) in [5.41, 5.74) is 6.53. The summed E-state index contributed by atoms with van der Waals surface area (Å²) in [7, 11) is 0. The molecular weight excluding hydrogens is 426 g/mol. The third-order valence-corrected chi connectivity index (χ3v) is 5.47. The average Bonchev–Trinajstić information content (AvgIpc) is 3.62. The fraction of sp³-hybridized carbons (Fsp3) is 0.684. The van der Waals surface area contributed by atoms with Crippen molar-refractivity contribution in [3.05, 3.63) is 0 Å². The second-order valence-electron chi connectivity index (χ2n) is 8.02. The Hall–Kier alpha value is -3.22. The van der Waals surface area contributed by atoms with Crippen LogP contribution in [0.25, 0.3) is 0 Å². The van der Waals surface area contributed by atoms with Gasteiger partial charge in [0.1, 0.15) is 18.1 Å². The van der Waals surface area contributed by atoms with Gasteiger partial charge in [0, 0.05) is 13.5 Å². The number of nitrogens with zero attached hydrogens (tertiary/aromatic N) is 2. The number of likely N-dealkylation sites (tertiary alicyclic amines) is 1. The zero-order chi connectivity index (χ0) is 23.6. The van der Waals surface area contributed by atoms with Crippen LogP contribution in [0.2, 0.25) is 0 Å². The van der Waals surface area contributed by atoms with Crippen LogP contribution in [0, 0.1) is 0 Å². The molecule has 13 nitrogen and oxygen atoms in total. The second-order valence-corrected chi connectivity index (χ2v) is 8.02. The number of hydrogen-bond acceptors (Lipinski definition) is 8. The Kier molecular flexibility index (Phi) is 6.67. The largest absolute Gasteiger partial charge is 0.464 e.